The van der Waals surface area contributed by atoms with Crippen molar-refractivity contribution in [1.29, 1.82) is 0 Å². The predicted octanol–water partition coefficient (Wildman–Crippen LogP) is 1.70. The van der Waals surface area contributed by atoms with E-state index in [1.54, 1.807) is 26.2 Å². The maximum absolute atomic E-state index is 11.8. The van der Waals surface area contributed by atoms with Crippen LogP contribution in [0.3, 0.4) is 0 Å². The van der Waals surface area contributed by atoms with Crippen molar-refractivity contribution in [3.8, 4) is 0 Å². The van der Waals surface area contributed by atoms with E-state index in [2.05, 4.69) is 10.3 Å². The number of pyridine rings is 1. The lowest BCUT2D eigenvalue weighted by Gasteiger charge is -2.14. The van der Waals surface area contributed by atoms with E-state index in [4.69, 9.17) is 5.11 Å². The summed E-state index contributed by atoms with van der Waals surface area (Å²) in [6, 6.07) is 3.35. The topological polar surface area (TPSA) is 82.5 Å². The van der Waals surface area contributed by atoms with Crippen LogP contribution >= 0.6 is 0 Å². The van der Waals surface area contributed by atoms with E-state index in [-0.39, 0.29) is 5.91 Å². The van der Waals surface area contributed by atoms with Crippen LogP contribution in [0, 0.1) is 5.92 Å². The first kappa shape index (κ1) is 15.9. The molecule has 0 saturated heterocycles. The summed E-state index contributed by atoms with van der Waals surface area (Å²) < 4.78 is 0. The van der Waals surface area contributed by atoms with E-state index < -0.39 is 11.9 Å². The first-order chi connectivity index (χ1) is 9.45. The Hall–Kier alpha value is -2.11. The molecular formula is C14H21N3O3. The van der Waals surface area contributed by atoms with E-state index in [9.17, 15) is 9.59 Å². The molecule has 1 heterocycles. The SMILES string of the molecule is CCCC(CNc1ccnc(C(=O)N(C)C)c1)C(=O)O. The number of nitrogens with one attached hydrogen (secondary N) is 1. The third kappa shape index (κ3) is 4.53. The molecule has 1 unspecified atom stereocenters. The zero-order valence-corrected chi connectivity index (χ0v) is 12.1. The normalized spacial score (nSPS) is 11.8. The van der Waals surface area contributed by atoms with Crippen molar-refractivity contribution in [2.24, 2.45) is 5.92 Å². The number of carboxylic acid groups (broad SMARTS) is 1. The van der Waals surface area contributed by atoms with Gasteiger partial charge in [0.25, 0.3) is 5.91 Å². The second-order valence-corrected chi connectivity index (χ2v) is 4.83. The Labute approximate surface area is 118 Å². The Morgan fingerprint density at radius 2 is 2.15 bits per heavy atom. The van der Waals surface area contributed by atoms with Crippen molar-refractivity contribution in [3.63, 3.8) is 0 Å². The molecule has 0 saturated carbocycles. The van der Waals surface area contributed by atoms with Gasteiger partial charge in [0.2, 0.25) is 0 Å². The Balaban J connectivity index is 2.71. The maximum Gasteiger partial charge on any atom is 0.308 e. The van der Waals surface area contributed by atoms with Crippen molar-refractivity contribution in [2.75, 3.05) is 26.0 Å². The highest BCUT2D eigenvalue weighted by Gasteiger charge is 2.16. The summed E-state index contributed by atoms with van der Waals surface area (Å²) >= 11 is 0. The van der Waals surface area contributed by atoms with Gasteiger partial charge in [0.05, 0.1) is 5.92 Å². The number of amides is 1. The summed E-state index contributed by atoms with van der Waals surface area (Å²) in [5, 5.41) is 12.1. The number of carbonyl (C=O) groups is 2. The minimum Gasteiger partial charge on any atom is -0.481 e. The lowest BCUT2D eigenvalue weighted by atomic mass is 10.0. The average molecular weight is 279 g/mol. The third-order valence-electron chi connectivity index (χ3n) is 2.92. The number of aromatic nitrogens is 1. The molecule has 0 radical (unpaired) electrons. The molecule has 0 aliphatic heterocycles. The first-order valence-corrected chi connectivity index (χ1v) is 6.60. The first-order valence-electron chi connectivity index (χ1n) is 6.60. The highest BCUT2D eigenvalue weighted by molar-refractivity contribution is 5.92. The van der Waals surface area contributed by atoms with Crippen LogP contribution in [0.1, 0.15) is 30.3 Å². The fourth-order valence-electron chi connectivity index (χ4n) is 1.79. The minimum absolute atomic E-state index is 0.183. The van der Waals surface area contributed by atoms with Gasteiger partial charge in [-0.1, -0.05) is 13.3 Å². The smallest absolute Gasteiger partial charge is 0.308 e. The number of hydrogen-bond donors (Lipinski definition) is 2. The molecule has 0 aliphatic rings. The number of anilines is 1. The van der Waals surface area contributed by atoms with Gasteiger partial charge in [0.15, 0.2) is 0 Å². The maximum atomic E-state index is 11.8. The number of carbonyl (C=O) groups excluding carboxylic acids is 1. The second kappa shape index (κ2) is 7.47. The molecule has 1 rings (SSSR count). The summed E-state index contributed by atoms with van der Waals surface area (Å²) in [5.74, 6) is -1.42. The Kier molecular flexibility index (Phi) is 5.96. The summed E-state index contributed by atoms with van der Waals surface area (Å²) in [7, 11) is 3.32. The summed E-state index contributed by atoms with van der Waals surface area (Å²) in [4.78, 5) is 28.3. The molecule has 0 fully saturated rings. The third-order valence-corrected chi connectivity index (χ3v) is 2.92. The van der Waals surface area contributed by atoms with Crippen LogP contribution in [0.2, 0.25) is 0 Å². The quantitative estimate of drug-likeness (QED) is 0.793. The molecule has 110 valence electrons. The fraction of sp³-hybridized carbons (Fsp3) is 0.500. The molecule has 1 aromatic heterocycles. The molecule has 0 spiro atoms. The van der Waals surface area contributed by atoms with Crippen molar-refractivity contribution in [2.45, 2.75) is 19.8 Å². The Morgan fingerprint density at radius 1 is 1.45 bits per heavy atom. The lowest BCUT2D eigenvalue weighted by Crippen LogP contribution is -2.24. The van der Waals surface area contributed by atoms with Crippen molar-refractivity contribution >= 4 is 17.6 Å². The highest BCUT2D eigenvalue weighted by atomic mass is 16.4. The molecule has 6 heteroatoms. The molecule has 1 amide bonds. The van der Waals surface area contributed by atoms with E-state index >= 15 is 0 Å². The molecule has 0 aromatic carbocycles. The summed E-state index contributed by atoms with van der Waals surface area (Å²) in [5.41, 5.74) is 1.04. The van der Waals surface area contributed by atoms with E-state index in [1.165, 1.54) is 11.1 Å². The highest BCUT2D eigenvalue weighted by Crippen LogP contribution is 2.12. The van der Waals surface area contributed by atoms with E-state index in [0.717, 1.165) is 6.42 Å². The van der Waals surface area contributed by atoms with Crippen molar-refractivity contribution < 1.29 is 14.7 Å². The number of carboxylic acids is 1. The number of hydrogen-bond acceptors (Lipinski definition) is 4. The summed E-state index contributed by atoms with van der Waals surface area (Å²) in [6.07, 6.45) is 2.98. The largest absolute Gasteiger partial charge is 0.481 e. The monoisotopic (exact) mass is 279 g/mol. The van der Waals surface area contributed by atoms with Crippen LogP contribution in [0.25, 0.3) is 0 Å². The predicted molar refractivity (Wildman–Crippen MR) is 76.8 cm³/mol. The van der Waals surface area contributed by atoms with Crippen molar-refractivity contribution in [3.05, 3.63) is 24.0 Å². The van der Waals surface area contributed by atoms with E-state index in [0.29, 0.717) is 24.3 Å². The van der Waals surface area contributed by atoms with Crippen LogP contribution in [0.15, 0.2) is 18.3 Å². The molecule has 6 nitrogen and oxygen atoms in total. The van der Waals surface area contributed by atoms with Crippen LogP contribution < -0.4 is 5.32 Å². The molecule has 2 N–H and O–H groups in total. The van der Waals surface area contributed by atoms with Gasteiger partial charge in [0, 0.05) is 32.5 Å². The van der Waals surface area contributed by atoms with Crippen LogP contribution in [-0.2, 0) is 4.79 Å². The zero-order chi connectivity index (χ0) is 15.1. The standard InChI is InChI=1S/C14H21N3O3/c1-4-5-10(14(19)20)9-16-11-6-7-15-12(8-11)13(18)17(2)3/h6-8,10H,4-5,9H2,1-3H3,(H,15,16)(H,19,20). The molecule has 0 bridgehead atoms. The average Bonchev–Trinajstić information content (AvgIpc) is 2.42. The minimum atomic E-state index is -0.807. The van der Waals surface area contributed by atoms with Gasteiger partial charge >= 0.3 is 5.97 Å². The van der Waals surface area contributed by atoms with Crippen molar-refractivity contribution in [1.82, 2.24) is 9.88 Å². The Bertz CT molecular complexity index is 474. The van der Waals surface area contributed by atoms with Gasteiger partial charge in [-0.2, -0.15) is 0 Å². The molecule has 1 aromatic rings. The van der Waals surface area contributed by atoms with Gasteiger partial charge in [-0.3, -0.25) is 14.6 Å². The zero-order valence-electron chi connectivity index (χ0n) is 12.1. The van der Waals surface area contributed by atoms with E-state index in [1.807, 2.05) is 6.92 Å². The van der Waals surface area contributed by atoms with Crippen LogP contribution in [0.4, 0.5) is 5.69 Å². The second-order valence-electron chi connectivity index (χ2n) is 4.83. The van der Waals surface area contributed by atoms with Gasteiger partial charge in [-0.15, -0.1) is 0 Å². The fourth-order valence-corrected chi connectivity index (χ4v) is 1.79. The number of nitrogens with zero attached hydrogens (tertiary/aromatic N) is 2. The van der Waals surface area contributed by atoms with Gasteiger partial charge in [-0.05, 0) is 18.6 Å². The Morgan fingerprint density at radius 3 is 2.70 bits per heavy atom. The molecule has 1 atom stereocenters. The summed E-state index contributed by atoms with van der Waals surface area (Å²) in [6.45, 7) is 2.29. The number of aliphatic carboxylic acids is 1. The van der Waals surface area contributed by atoms with Gasteiger partial charge < -0.3 is 15.3 Å². The van der Waals surface area contributed by atoms with Crippen LogP contribution in [-0.4, -0.2) is 47.5 Å². The molecular weight excluding hydrogens is 258 g/mol. The molecule has 0 aliphatic carbocycles. The van der Waals surface area contributed by atoms with Gasteiger partial charge in [-0.25, -0.2) is 0 Å². The number of rotatable bonds is 7. The molecule has 20 heavy (non-hydrogen) atoms. The van der Waals surface area contributed by atoms with Crippen LogP contribution in [0.5, 0.6) is 0 Å². The van der Waals surface area contributed by atoms with Gasteiger partial charge in [0.1, 0.15) is 5.69 Å². The lowest BCUT2D eigenvalue weighted by molar-refractivity contribution is -0.141.